The molecule has 1 aliphatic carbocycles. The first-order valence-corrected chi connectivity index (χ1v) is 6.24. The maximum absolute atomic E-state index is 11.7. The molecule has 0 aromatic rings. The van der Waals surface area contributed by atoms with Gasteiger partial charge in [-0.2, -0.15) is 0 Å². The van der Waals surface area contributed by atoms with E-state index in [1.54, 1.807) is 0 Å². The lowest BCUT2D eigenvalue weighted by molar-refractivity contribution is -0.172. The summed E-state index contributed by atoms with van der Waals surface area (Å²) in [7, 11) is 0. The molecule has 2 rings (SSSR count). The minimum absolute atomic E-state index is 0.0418. The predicted octanol–water partition coefficient (Wildman–Crippen LogP) is 2.12. The van der Waals surface area contributed by atoms with Gasteiger partial charge in [-0.05, 0) is 25.8 Å². The standard InChI is InChI=1S/C13H21NO2/c1-3-12(15)14-9-11(2)16-13(10-14)7-5-4-6-8-13/h3,11H,1,4-10H2,2H3. The molecule has 1 heterocycles. The van der Waals surface area contributed by atoms with Crippen LogP contribution in [-0.4, -0.2) is 35.6 Å². The maximum Gasteiger partial charge on any atom is 0.246 e. The Balaban J connectivity index is 2.09. The summed E-state index contributed by atoms with van der Waals surface area (Å²) in [6, 6.07) is 0. The molecule has 0 N–H and O–H groups in total. The summed E-state index contributed by atoms with van der Waals surface area (Å²) < 4.78 is 6.11. The van der Waals surface area contributed by atoms with Gasteiger partial charge in [0, 0.05) is 6.54 Å². The molecule has 0 aromatic carbocycles. The van der Waals surface area contributed by atoms with Crippen LogP contribution in [0.4, 0.5) is 0 Å². The van der Waals surface area contributed by atoms with Crippen LogP contribution in [0.5, 0.6) is 0 Å². The van der Waals surface area contributed by atoms with Crippen molar-refractivity contribution in [2.75, 3.05) is 13.1 Å². The minimum Gasteiger partial charge on any atom is -0.368 e. The van der Waals surface area contributed by atoms with E-state index in [0.29, 0.717) is 6.54 Å². The van der Waals surface area contributed by atoms with E-state index in [9.17, 15) is 4.79 Å². The maximum atomic E-state index is 11.7. The van der Waals surface area contributed by atoms with Crippen molar-refractivity contribution in [1.82, 2.24) is 4.90 Å². The highest BCUT2D eigenvalue weighted by Gasteiger charge is 2.41. The molecule has 1 atom stereocenters. The number of carbonyl (C=O) groups is 1. The molecule has 3 nitrogen and oxygen atoms in total. The monoisotopic (exact) mass is 223 g/mol. The van der Waals surface area contributed by atoms with Crippen LogP contribution in [0.1, 0.15) is 39.0 Å². The average Bonchev–Trinajstić information content (AvgIpc) is 2.28. The van der Waals surface area contributed by atoms with E-state index in [1.807, 2.05) is 4.90 Å². The highest BCUT2D eigenvalue weighted by Crippen LogP contribution is 2.36. The van der Waals surface area contributed by atoms with Crippen molar-refractivity contribution in [3.05, 3.63) is 12.7 Å². The Kier molecular flexibility index (Phi) is 3.33. The molecule has 1 saturated heterocycles. The minimum atomic E-state index is -0.0609. The number of rotatable bonds is 1. The van der Waals surface area contributed by atoms with Crippen LogP contribution in [0, 0.1) is 0 Å². The lowest BCUT2D eigenvalue weighted by Crippen LogP contribution is -2.56. The zero-order valence-electron chi connectivity index (χ0n) is 10.1. The van der Waals surface area contributed by atoms with Crippen molar-refractivity contribution in [1.29, 1.82) is 0 Å². The fourth-order valence-corrected chi connectivity index (χ4v) is 2.99. The highest BCUT2D eigenvalue weighted by atomic mass is 16.5. The Morgan fingerprint density at radius 1 is 1.44 bits per heavy atom. The molecule has 1 amide bonds. The fraction of sp³-hybridized carbons (Fsp3) is 0.769. The SMILES string of the molecule is C=CC(=O)N1CC(C)OC2(CCCCC2)C1. The third-order valence-corrected chi connectivity index (χ3v) is 3.66. The smallest absolute Gasteiger partial charge is 0.246 e. The average molecular weight is 223 g/mol. The van der Waals surface area contributed by atoms with E-state index >= 15 is 0 Å². The number of hydrogen-bond acceptors (Lipinski definition) is 2. The Labute approximate surface area is 97.5 Å². The normalized spacial score (nSPS) is 29.1. The molecule has 2 fully saturated rings. The molecule has 1 saturated carbocycles. The summed E-state index contributed by atoms with van der Waals surface area (Å²) in [5, 5.41) is 0. The summed E-state index contributed by atoms with van der Waals surface area (Å²) in [6.07, 6.45) is 7.50. The van der Waals surface area contributed by atoms with Gasteiger partial charge in [-0.25, -0.2) is 0 Å². The number of nitrogens with zero attached hydrogens (tertiary/aromatic N) is 1. The van der Waals surface area contributed by atoms with E-state index in [0.717, 1.165) is 19.4 Å². The molecule has 1 unspecified atom stereocenters. The van der Waals surface area contributed by atoms with Crippen molar-refractivity contribution in [2.24, 2.45) is 0 Å². The quantitative estimate of drug-likeness (QED) is 0.637. The van der Waals surface area contributed by atoms with Crippen molar-refractivity contribution >= 4 is 5.91 Å². The molecule has 2 aliphatic rings. The summed E-state index contributed by atoms with van der Waals surface area (Å²) in [6.45, 7) is 7.07. The lowest BCUT2D eigenvalue weighted by Gasteiger charge is -2.47. The third-order valence-electron chi connectivity index (χ3n) is 3.66. The van der Waals surface area contributed by atoms with E-state index in [-0.39, 0.29) is 17.6 Å². The van der Waals surface area contributed by atoms with Crippen molar-refractivity contribution < 1.29 is 9.53 Å². The fourth-order valence-electron chi connectivity index (χ4n) is 2.99. The number of carbonyl (C=O) groups excluding carboxylic acids is 1. The van der Waals surface area contributed by atoms with Crippen LogP contribution in [0.3, 0.4) is 0 Å². The summed E-state index contributed by atoms with van der Waals surface area (Å²) in [5.41, 5.74) is -0.0609. The molecular weight excluding hydrogens is 202 g/mol. The topological polar surface area (TPSA) is 29.5 Å². The molecular formula is C13H21NO2. The second-order valence-electron chi connectivity index (χ2n) is 5.10. The van der Waals surface area contributed by atoms with Crippen LogP contribution in [0.2, 0.25) is 0 Å². The van der Waals surface area contributed by atoms with Gasteiger partial charge >= 0.3 is 0 Å². The summed E-state index contributed by atoms with van der Waals surface area (Å²) in [4.78, 5) is 13.6. The van der Waals surface area contributed by atoms with Crippen molar-refractivity contribution in [3.8, 4) is 0 Å². The first kappa shape index (κ1) is 11.6. The molecule has 90 valence electrons. The number of ether oxygens (including phenoxy) is 1. The first-order chi connectivity index (χ1) is 7.65. The van der Waals surface area contributed by atoms with Gasteiger partial charge in [0.1, 0.15) is 0 Å². The van der Waals surface area contributed by atoms with Gasteiger partial charge in [0.25, 0.3) is 0 Å². The van der Waals surface area contributed by atoms with Gasteiger partial charge in [-0.15, -0.1) is 0 Å². The summed E-state index contributed by atoms with van der Waals surface area (Å²) >= 11 is 0. The van der Waals surface area contributed by atoms with Gasteiger partial charge < -0.3 is 9.64 Å². The second-order valence-corrected chi connectivity index (χ2v) is 5.10. The Hall–Kier alpha value is -0.830. The van der Waals surface area contributed by atoms with Gasteiger partial charge in [-0.1, -0.05) is 25.8 Å². The molecule has 16 heavy (non-hydrogen) atoms. The zero-order valence-corrected chi connectivity index (χ0v) is 10.1. The molecule has 1 aliphatic heterocycles. The largest absolute Gasteiger partial charge is 0.368 e. The van der Waals surface area contributed by atoms with E-state index in [1.165, 1.54) is 25.3 Å². The summed E-state index contributed by atoms with van der Waals surface area (Å²) in [5.74, 6) is 0.0418. The molecule has 0 radical (unpaired) electrons. The van der Waals surface area contributed by atoms with Crippen LogP contribution in [0.25, 0.3) is 0 Å². The van der Waals surface area contributed by atoms with Crippen molar-refractivity contribution in [3.63, 3.8) is 0 Å². The Morgan fingerprint density at radius 3 is 2.75 bits per heavy atom. The molecule has 1 spiro atoms. The van der Waals surface area contributed by atoms with Crippen LogP contribution < -0.4 is 0 Å². The van der Waals surface area contributed by atoms with E-state index in [4.69, 9.17) is 4.74 Å². The first-order valence-electron chi connectivity index (χ1n) is 6.24. The van der Waals surface area contributed by atoms with Gasteiger partial charge in [-0.3, -0.25) is 4.79 Å². The molecule has 3 heteroatoms. The number of amides is 1. The zero-order chi connectivity index (χ0) is 11.6. The highest BCUT2D eigenvalue weighted by molar-refractivity contribution is 5.87. The second kappa shape index (κ2) is 4.58. The van der Waals surface area contributed by atoms with Crippen LogP contribution >= 0.6 is 0 Å². The van der Waals surface area contributed by atoms with Crippen LogP contribution in [0.15, 0.2) is 12.7 Å². The lowest BCUT2D eigenvalue weighted by atomic mass is 9.83. The van der Waals surface area contributed by atoms with Crippen LogP contribution in [-0.2, 0) is 9.53 Å². The molecule has 0 aromatic heterocycles. The predicted molar refractivity (Wildman–Crippen MR) is 63.1 cm³/mol. The Morgan fingerprint density at radius 2 is 2.12 bits per heavy atom. The van der Waals surface area contributed by atoms with Crippen molar-refractivity contribution in [2.45, 2.75) is 50.7 Å². The van der Waals surface area contributed by atoms with E-state index < -0.39 is 0 Å². The number of hydrogen-bond donors (Lipinski definition) is 0. The third kappa shape index (κ3) is 2.29. The van der Waals surface area contributed by atoms with Gasteiger partial charge in [0.05, 0.1) is 18.2 Å². The number of morpholine rings is 1. The van der Waals surface area contributed by atoms with Gasteiger partial charge in [0.15, 0.2) is 0 Å². The Bertz CT molecular complexity index is 282. The van der Waals surface area contributed by atoms with E-state index in [2.05, 4.69) is 13.5 Å². The molecule has 0 bridgehead atoms. The van der Waals surface area contributed by atoms with Gasteiger partial charge in [0.2, 0.25) is 5.91 Å².